The summed E-state index contributed by atoms with van der Waals surface area (Å²) < 4.78 is 26.1. The van der Waals surface area contributed by atoms with Gasteiger partial charge in [-0.2, -0.15) is 0 Å². The quantitative estimate of drug-likeness (QED) is 0.0162. The van der Waals surface area contributed by atoms with Crippen molar-refractivity contribution in [1.82, 2.24) is 0 Å². The minimum absolute atomic E-state index is 0.0277. The molecule has 0 aromatic rings. The lowest BCUT2D eigenvalue weighted by atomic mass is 10.1. The van der Waals surface area contributed by atoms with Crippen LogP contribution in [0.25, 0.3) is 0 Å². The highest BCUT2D eigenvalue weighted by atomic mass is 31.2. The van der Waals surface area contributed by atoms with Crippen molar-refractivity contribution in [1.29, 1.82) is 0 Å². The van der Waals surface area contributed by atoms with Crippen molar-refractivity contribution in [2.75, 3.05) is 13.2 Å². The molecule has 0 aromatic heterocycles. The van der Waals surface area contributed by atoms with Gasteiger partial charge in [-0.05, 0) is 76.7 Å². The molecule has 0 aromatic carbocycles. The van der Waals surface area contributed by atoms with E-state index in [0.717, 1.165) is 64.2 Å². The predicted molar refractivity (Wildman–Crippen MR) is 212 cm³/mol. The van der Waals surface area contributed by atoms with E-state index in [-0.39, 0.29) is 31.5 Å². The lowest BCUT2D eigenvalue weighted by molar-refractivity contribution is -0.161. The number of esters is 2. The third-order valence-corrected chi connectivity index (χ3v) is 8.41. The van der Waals surface area contributed by atoms with Crippen LogP contribution in [0.5, 0.6) is 0 Å². The summed E-state index contributed by atoms with van der Waals surface area (Å²) in [5.41, 5.74) is 0. The van der Waals surface area contributed by atoms with Gasteiger partial charge in [0.15, 0.2) is 11.9 Å². The lowest BCUT2D eigenvalue weighted by Crippen LogP contribution is -2.29. The summed E-state index contributed by atoms with van der Waals surface area (Å²) in [7, 11) is -4.81. The molecule has 2 N–H and O–H groups in total. The summed E-state index contributed by atoms with van der Waals surface area (Å²) in [6.07, 6.45) is 43.4. The van der Waals surface area contributed by atoms with E-state index in [4.69, 9.17) is 19.3 Å². The third kappa shape index (κ3) is 38.4. The number of allylic oxidation sites excluding steroid dienone is 12. The number of carbonyl (C=O) groups is 3. The Morgan fingerprint density at radius 1 is 0.558 bits per heavy atom. The van der Waals surface area contributed by atoms with Crippen LogP contribution in [-0.2, 0) is 32.9 Å². The topological polar surface area (TPSA) is 136 Å². The fraction of sp³-hybridized carbons (Fsp3) is 0.643. The highest BCUT2D eigenvalue weighted by Gasteiger charge is 2.23. The number of phosphoric acid groups is 1. The number of phosphoric ester groups is 1. The standard InChI is InChI=1S/C42H69O9P/c1-3-5-7-9-11-13-15-17-18-19-21-23-25-27-29-31-35-42(45)51-40(38-50-52(46,47)48)37-49-41(44)36-32-34-39(43)33-30-28-26-24-22-20-16-14-12-10-8-6-4-2/h11-14,17-18,20,22,26,28,30,33,40H,3-10,15-16,19,21,23-25,27,29,31-32,34-38H2,1-2H3,(H2,46,47,48)/b13-11-,14-12-,18-17-,22-20-,28-26-,33-30+/t40-/m1/s1. The highest BCUT2D eigenvalue weighted by molar-refractivity contribution is 7.46. The lowest BCUT2D eigenvalue weighted by Gasteiger charge is -2.18. The zero-order chi connectivity index (χ0) is 38.4. The highest BCUT2D eigenvalue weighted by Crippen LogP contribution is 2.36. The van der Waals surface area contributed by atoms with E-state index in [1.165, 1.54) is 51.0 Å². The molecule has 0 spiro atoms. The fourth-order valence-corrected chi connectivity index (χ4v) is 5.30. The first-order valence-electron chi connectivity index (χ1n) is 19.7. The van der Waals surface area contributed by atoms with Crippen LogP contribution in [0.3, 0.4) is 0 Å². The van der Waals surface area contributed by atoms with Crippen molar-refractivity contribution >= 4 is 25.5 Å². The van der Waals surface area contributed by atoms with Crippen molar-refractivity contribution in [2.45, 2.75) is 161 Å². The monoisotopic (exact) mass is 748 g/mol. The summed E-state index contributed by atoms with van der Waals surface area (Å²) in [6.45, 7) is 3.39. The predicted octanol–water partition coefficient (Wildman–Crippen LogP) is 11.1. The number of unbranched alkanes of at least 4 members (excludes halogenated alkanes) is 12. The first-order valence-corrected chi connectivity index (χ1v) is 21.2. The molecule has 0 unspecified atom stereocenters. The van der Waals surface area contributed by atoms with E-state index >= 15 is 0 Å². The summed E-state index contributed by atoms with van der Waals surface area (Å²) >= 11 is 0. The van der Waals surface area contributed by atoms with Gasteiger partial charge in [0.1, 0.15) is 6.61 Å². The molecular formula is C42H69O9P. The van der Waals surface area contributed by atoms with Gasteiger partial charge in [0.05, 0.1) is 6.61 Å². The number of ether oxygens (including phenoxy) is 2. The van der Waals surface area contributed by atoms with E-state index in [1.54, 1.807) is 6.08 Å². The summed E-state index contributed by atoms with van der Waals surface area (Å²) in [5, 5.41) is 0. The van der Waals surface area contributed by atoms with Crippen molar-refractivity contribution in [3.05, 3.63) is 72.9 Å². The molecule has 0 rings (SSSR count). The average Bonchev–Trinajstić information content (AvgIpc) is 3.10. The van der Waals surface area contributed by atoms with Gasteiger partial charge >= 0.3 is 19.8 Å². The molecule has 0 saturated heterocycles. The average molecular weight is 749 g/mol. The van der Waals surface area contributed by atoms with Crippen LogP contribution in [0.1, 0.15) is 155 Å². The Labute approximate surface area is 315 Å². The van der Waals surface area contributed by atoms with Crippen LogP contribution in [0, 0.1) is 0 Å². The molecule has 0 aliphatic rings. The maximum Gasteiger partial charge on any atom is 0.469 e. The van der Waals surface area contributed by atoms with Gasteiger partial charge in [-0.15, -0.1) is 0 Å². The Hall–Kier alpha value is -2.84. The van der Waals surface area contributed by atoms with Crippen LogP contribution in [0.15, 0.2) is 72.9 Å². The third-order valence-electron chi connectivity index (χ3n) is 7.92. The van der Waals surface area contributed by atoms with Crippen molar-refractivity contribution in [3.63, 3.8) is 0 Å². The Bertz CT molecular complexity index is 1130. The molecule has 0 aliphatic carbocycles. The summed E-state index contributed by atoms with van der Waals surface area (Å²) in [5.74, 6) is -1.28. The zero-order valence-electron chi connectivity index (χ0n) is 32.2. The minimum Gasteiger partial charge on any atom is -0.462 e. The van der Waals surface area contributed by atoms with Crippen LogP contribution in [0.2, 0.25) is 0 Å². The Morgan fingerprint density at radius 2 is 1.06 bits per heavy atom. The van der Waals surface area contributed by atoms with Crippen molar-refractivity contribution in [3.8, 4) is 0 Å². The minimum atomic E-state index is -4.81. The molecule has 1 atom stereocenters. The second-order valence-corrected chi connectivity index (χ2v) is 14.2. The molecule has 0 heterocycles. The second kappa shape index (κ2) is 36.5. The van der Waals surface area contributed by atoms with Gasteiger partial charge in [0.2, 0.25) is 0 Å². The van der Waals surface area contributed by atoms with Gasteiger partial charge in [-0.1, -0.05) is 132 Å². The van der Waals surface area contributed by atoms with Crippen LogP contribution in [0.4, 0.5) is 0 Å². The molecule has 0 fully saturated rings. The van der Waals surface area contributed by atoms with Gasteiger partial charge in [-0.3, -0.25) is 18.9 Å². The van der Waals surface area contributed by atoms with Gasteiger partial charge in [0.25, 0.3) is 0 Å². The largest absolute Gasteiger partial charge is 0.469 e. The molecular weight excluding hydrogens is 679 g/mol. The number of carbonyl (C=O) groups excluding carboxylic acids is 3. The maximum absolute atomic E-state index is 12.4. The maximum atomic E-state index is 12.4. The fourth-order valence-electron chi connectivity index (χ4n) is 4.94. The Balaban J connectivity index is 4.19. The van der Waals surface area contributed by atoms with Crippen molar-refractivity contribution in [2.24, 2.45) is 0 Å². The number of hydrogen-bond donors (Lipinski definition) is 2. The van der Waals surface area contributed by atoms with Gasteiger partial charge < -0.3 is 19.3 Å². The molecule has 0 amide bonds. The molecule has 52 heavy (non-hydrogen) atoms. The van der Waals surface area contributed by atoms with Crippen LogP contribution in [-0.4, -0.2) is 46.8 Å². The second-order valence-electron chi connectivity index (χ2n) is 12.9. The zero-order valence-corrected chi connectivity index (χ0v) is 33.1. The van der Waals surface area contributed by atoms with E-state index in [0.29, 0.717) is 6.42 Å². The SMILES string of the molecule is CCCCC/C=C\C/C=C\C/C=C\C=C\C(=O)CCCC(=O)OC[C@H](COP(=O)(O)O)OC(=O)CCCCCCCC/C=C\C/C=C\CCCCC. The molecule has 9 nitrogen and oxygen atoms in total. The number of hydrogen-bond acceptors (Lipinski definition) is 7. The smallest absolute Gasteiger partial charge is 0.462 e. The summed E-state index contributed by atoms with van der Waals surface area (Å²) in [4.78, 5) is 54.8. The molecule has 0 saturated carbocycles. The normalized spacial score (nSPS) is 13.2. The first-order chi connectivity index (χ1) is 25.2. The molecule has 0 radical (unpaired) electrons. The van der Waals surface area contributed by atoms with Crippen LogP contribution >= 0.6 is 7.82 Å². The van der Waals surface area contributed by atoms with E-state index < -0.39 is 39.1 Å². The molecule has 296 valence electrons. The Kier molecular flexibility index (Phi) is 34.5. The van der Waals surface area contributed by atoms with Crippen molar-refractivity contribution < 1.29 is 42.7 Å². The molecule has 0 bridgehead atoms. The number of rotatable bonds is 35. The Morgan fingerprint density at radius 3 is 1.63 bits per heavy atom. The number of ketones is 1. The molecule has 0 aliphatic heterocycles. The van der Waals surface area contributed by atoms with Gasteiger partial charge in [-0.25, -0.2) is 4.57 Å². The first kappa shape index (κ1) is 49.2. The molecule has 10 heteroatoms. The summed E-state index contributed by atoms with van der Waals surface area (Å²) in [6, 6.07) is 0. The van der Waals surface area contributed by atoms with E-state index in [1.807, 2.05) is 12.2 Å². The van der Waals surface area contributed by atoms with E-state index in [2.05, 4.69) is 67.0 Å². The van der Waals surface area contributed by atoms with Gasteiger partial charge in [0, 0.05) is 19.3 Å². The van der Waals surface area contributed by atoms with E-state index in [9.17, 15) is 18.9 Å². The van der Waals surface area contributed by atoms with Crippen LogP contribution < -0.4 is 0 Å².